The second-order valence-corrected chi connectivity index (χ2v) is 11.4. The third-order valence-electron chi connectivity index (χ3n) is 6.85. The molecule has 0 bridgehead atoms. The molecule has 2 aromatic heterocycles. The maximum absolute atomic E-state index is 13.7. The zero-order valence-electron chi connectivity index (χ0n) is 22.5. The van der Waals surface area contributed by atoms with Crippen molar-refractivity contribution < 1.29 is 13.5 Å². The predicted molar refractivity (Wildman–Crippen MR) is 151 cm³/mol. The van der Waals surface area contributed by atoms with E-state index in [-0.39, 0.29) is 16.3 Å². The summed E-state index contributed by atoms with van der Waals surface area (Å²) in [7, 11) is -2.87. The molecule has 0 aliphatic rings. The van der Waals surface area contributed by atoms with E-state index in [0.29, 0.717) is 41.5 Å². The first-order valence-corrected chi connectivity index (χ1v) is 14.5. The van der Waals surface area contributed by atoms with Crippen LogP contribution in [0.4, 0.5) is 0 Å². The van der Waals surface area contributed by atoms with Gasteiger partial charge in [-0.15, -0.1) is 0 Å². The minimum atomic E-state index is -4.50. The van der Waals surface area contributed by atoms with Gasteiger partial charge in [0.1, 0.15) is 5.82 Å². The van der Waals surface area contributed by atoms with Crippen molar-refractivity contribution in [1.29, 1.82) is 5.26 Å². The first-order chi connectivity index (χ1) is 19.1. The standard InChI is InChI=1S/C30H30N4O5S/c1-4-6-12-26-32-28(35)27(30(37)34(26)25(5-2)22-10-7-9-20(18-22)19-31)40(38,39)23-15-13-21(14-16-23)24-11-8-17-33(3)29(24)36/h7-11,13-18,25,37H,4-6,12H2,1-3H3/t25-/m0/s1. The normalized spacial score (nSPS) is 12.2. The Morgan fingerprint density at radius 2 is 1.77 bits per heavy atom. The number of unbranched alkanes of at least 4 members (excludes halogenated alkanes) is 1. The van der Waals surface area contributed by atoms with E-state index >= 15 is 0 Å². The SMILES string of the molecule is CCCCc1nc(=O)c(S(=O)(=O)c2ccc(-c3cccn(C)c3=O)cc2)c(O)n1[C@@H](CC)c1cccc(C#N)c1. The number of nitrogens with zero attached hydrogens (tertiary/aromatic N) is 4. The minimum Gasteiger partial charge on any atom is -0.493 e. The molecule has 1 atom stereocenters. The molecule has 0 unspecified atom stereocenters. The van der Waals surface area contributed by atoms with Crippen LogP contribution >= 0.6 is 0 Å². The molecule has 0 fully saturated rings. The Balaban J connectivity index is 1.88. The lowest BCUT2D eigenvalue weighted by Crippen LogP contribution is -2.27. The molecule has 206 valence electrons. The molecule has 0 saturated heterocycles. The molecule has 2 aromatic carbocycles. The van der Waals surface area contributed by atoms with Gasteiger partial charge in [-0.2, -0.15) is 10.2 Å². The molecule has 0 amide bonds. The summed E-state index contributed by atoms with van der Waals surface area (Å²) in [6, 6.07) is 17.3. The fourth-order valence-electron chi connectivity index (χ4n) is 4.75. The predicted octanol–water partition coefficient (Wildman–Crippen LogP) is 4.36. The number of sulfone groups is 1. The summed E-state index contributed by atoms with van der Waals surface area (Å²) < 4.78 is 30.3. The van der Waals surface area contributed by atoms with Crippen molar-refractivity contribution >= 4 is 9.84 Å². The second kappa shape index (κ2) is 11.7. The smallest absolute Gasteiger partial charge is 0.296 e. The zero-order chi connectivity index (χ0) is 29.0. The fraction of sp³-hybridized carbons (Fsp3) is 0.267. The molecule has 1 N–H and O–H groups in total. The molecule has 10 heteroatoms. The Hall–Kier alpha value is -4.49. The lowest BCUT2D eigenvalue weighted by atomic mass is 10.0. The van der Waals surface area contributed by atoms with Crippen LogP contribution in [0.15, 0.2) is 86.2 Å². The van der Waals surface area contributed by atoms with Gasteiger partial charge in [0.25, 0.3) is 11.1 Å². The Bertz CT molecular complexity index is 1820. The van der Waals surface area contributed by atoms with Crippen LogP contribution in [0.5, 0.6) is 5.88 Å². The number of pyridine rings is 1. The highest BCUT2D eigenvalue weighted by Crippen LogP contribution is 2.34. The Kier molecular flexibility index (Phi) is 8.35. The third-order valence-corrected chi connectivity index (χ3v) is 8.64. The molecular weight excluding hydrogens is 528 g/mol. The van der Waals surface area contributed by atoms with Gasteiger partial charge in [0.15, 0.2) is 4.90 Å². The minimum absolute atomic E-state index is 0.217. The van der Waals surface area contributed by atoms with Crippen molar-refractivity contribution in [2.75, 3.05) is 0 Å². The van der Waals surface area contributed by atoms with Crippen LogP contribution in [-0.4, -0.2) is 27.6 Å². The largest absolute Gasteiger partial charge is 0.493 e. The van der Waals surface area contributed by atoms with E-state index in [0.717, 1.165) is 6.42 Å². The number of aromatic hydroxyl groups is 1. The Labute approximate surface area is 232 Å². The van der Waals surface area contributed by atoms with Gasteiger partial charge in [-0.05, 0) is 60.4 Å². The summed E-state index contributed by atoms with van der Waals surface area (Å²) in [5, 5.41) is 20.9. The molecule has 40 heavy (non-hydrogen) atoms. The number of aromatic nitrogens is 3. The van der Waals surface area contributed by atoms with Crippen molar-refractivity contribution in [3.05, 3.63) is 105 Å². The van der Waals surface area contributed by atoms with Crippen molar-refractivity contribution in [3.8, 4) is 23.1 Å². The maximum atomic E-state index is 13.7. The Morgan fingerprint density at radius 3 is 2.42 bits per heavy atom. The lowest BCUT2D eigenvalue weighted by molar-refractivity contribution is 0.358. The molecule has 0 saturated carbocycles. The van der Waals surface area contributed by atoms with Gasteiger partial charge in [0.05, 0.1) is 22.6 Å². The number of benzene rings is 2. The van der Waals surface area contributed by atoms with Gasteiger partial charge in [-0.3, -0.25) is 14.2 Å². The van der Waals surface area contributed by atoms with Crippen molar-refractivity contribution in [3.63, 3.8) is 0 Å². The quantitative estimate of drug-likeness (QED) is 0.322. The van der Waals surface area contributed by atoms with Crippen LogP contribution in [0.1, 0.15) is 56.1 Å². The van der Waals surface area contributed by atoms with E-state index in [1.807, 2.05) is 13.8 Å². The molecule has 0 spiro atoms. The van der Waals surface area contributed by atoms with Gasteiger partial charge in [-0.1, -0.05) is 44.5 Å². The first kappa shape index (κ1) is 28.5. The van der Waals surface area contributed by atoms with Crippen molar-refractivity contribution in [2.45, 2.75) is 55.4 Å². The molecular formula is C30H30N4O5S. The maximum Gasteiger partial charge on any atom is 0.296 e. The lowest BCUT2D eigenvalue weighted by Gasteiger charge is -2.25. The number of rotatable bonds is 9. The summed E-state index contributed by atoms with van der Waals surface area (Å²) >= 11 is 0. The number of hydrogen-bond acceptors (Lipinski definition) is 7. The van der Waals surface area contributed by atoms with Crippen molar-refractivity contribution in [2.24, 2.45) is 7.05 Å². The molecule has 0 aliphatic carbocycles. The highest BCUT2D eigenvalue weighted by molar-refractivity contribution is 7.91. The van der Waals surface area contributed by atoms with E-state index in [1.54, 1.807) is 49.6 Å². The molecule has 0 aliphatic heterocycles. The van der Waals surface area contributed by atoms with Crippen LogP contribution < -0.4 is 11.1 Å². The van der Waals surface area contributed by atoms with E-state index in [1.165, 1.54) is 33.4 Å². The van der Waals surface area contributed by atoms with E-state index in [2.05, 4.69) is 11.1 Å². The van der Waals surface area contributed by atoms with Gasteiger partial charge < -0.3 is 9.67 Å². The number of hydrogen-bond donors (Lipinski definition) is 1. The first-order valence-electron chi connectivity index (χ1n) is 13.0. The average Bonchev–Trinajstić information content (AvgIpc) is 2.95. The van der Waals surface area contributed by atoms with Crippen LogP contribution in [0.2, 0.25) is 0 Å². The number of aryl methyl sites for hydroxylation is 2. The molecule has 4 rings (SSSR count). The molecule has 9 nitrogen and oxygen atoms in total. The van der Waals surface area contributed by atoms with Crippen molar-refractivity contribution in [1.82, 2.24) is 14.1 Å². The highest BCUT2D eigenvalue weighted by Gasteiger charge is 2.32. The van der Waals surface area contributed by atoms with E-state index in [4.69, 9.17) is 0 Å². The van der Waals surface area contributed by atoms with Crippen LogP contribution in [-0.2, 0) is 23.3 Å². The van der Waals surface area contributed by atoms with Gasteiger partial charge in [-0.25, -0.2) is 8.42 Å². The third kappa shape index (κ3) is 5.33. The van der Waals surface area contributed by atoms with Crippen LogP contribution in [0.3, 0.4) is 0 Å². The Morgan fingerprint density at radius 1 is 1.05 bits per heavy atom. The van der Waals surface area contributed by atoms with Gasteiger partial charge >= 0.3 is 0 Å². The van der Waals surface area contributed by atoms with E-state index < -0.39 is 32.2 Å². The van der Waals surface area contributed by atoms with E-state index in [9.17, 15) is 28.4 Å². The summed E-state index contributed by atoms with van der Waals surface area (Å²) in [4.78, 5) is 28.8. The van der Waals surface area contributed by atoms with Gasteiger partial charge in [0, 0.05) is 25.2 Å². The molecule has 2 heterocycles. The summed E-state index contributed by atoms with van der Waals surface area (Å²) in [6.07, 6.45) is 3.89. The summed E-state index contributed by atoms with van der Waals surface area (Å²) in [5.74, 6) is -0.422. The zero-order valence-corrected chi connectivity index (χ0v) is 23.4. The highest BCUT2D eigenvalue weighted by atomic mass is 32.2. The molecule has 0 radical (unpaired) electrons. The average molecular weight is 559 g/mol. The summed E-state index contributed by atoms with van der Waals surface area (Å²) in [6.45, 7) is 3.84. The second-order valence-electron chi connectivity index (χ2n) is 9.49. The van der Waals surface area contributed by atoms with Crippen LogP contribution in [0, 0.1) is 11.3 Å². The molecule has 4 aromatic rings. The van der Waals surface area contributed by atoms with Gasteiger partial charge in [0.2, 0.25) is 15.7 Å². The topological polar surface area (TPSA) is 135 Å². The number of nitriles is 1. The van der Waals surface area contributed by atoms with Crippen LogP contribution in [0.25, 0.3) is 11.1 Å². The fourth-order valence-corrected chi connectivity index (χ4v) is 6.10. The summed E-state index contributed by atoms with van der Waals surface area (Å²) in [5.41, 5.74) is 0.723. The monoisotopic (exact) mass is 558 g/mol.